The molecular formula is C21H28N4O3. The first kappa shape index (κ1) is 19.9. The lowest BCUT2D eigenvalue weighted by Crippen LogP contribution is -2.16. The van der Waals surface area contributed by atoms with Crippen LogP contribution in [0.3, 0.4) is 0 Å². The smallest absolute Gasteiger partial charge is 0.268 e. The molecule has 7 heteroatoms. The minimum atomic E-state index is -0.564. The van der Waals surface area contributed by atoms with Crippen LogP contribution >= 0.6 is 0 Å². The van der Waals surface area contributed by atoms with Gasteiger partial charge >= 0.3 is 0 Å². The molecule has 0 saturated carbocycles. The van der Waals surface area contributed by atoms with Crippen LogP contribution in [-0.4, -0.2) is 37.8 Å². The SMILES string of the molecule is CCCCOc1ccc2ccn(CCC[C@H](O)Cn3cnc(C(N)=O)c3)c2c1. The fraction of sp³-hybridized carbons (Fsp3) is 0.429. The molecule has 0 saturated heterocycles. The second kappa shape index (κ2) is 9.41. The molecule has 2 heterocycles. The lowest BCUT2D eigenvalue weighted by molar-refractivity contribution is 0.0995. The van der Waals surface area contributed by atoms with Crippen LogP contribution in [0.15, 0.2) is 43.0 Å². The Morgan fingerprint density at radius 3 is 2.93 bits per heavy atom. The van der Waals surface area contributed by atoms with E-state index < -0.39 is 12.0 Å². The Kier molecular flexibility index (Phi) is 6.71. The molecule has 150 valence electrons. The van der Waals surface area contributed by atoms with E-state index in [9.17, 15) is 9.90 Å². The molecule has 7 nitrogen and oxygen atoms in total. The average Bonchev–Trinajstić information content (AvgIpc) is 3.29. The standard InChI is InChI=1S/C21H28N4O3/c1-2-3-11-28-18-7-6-16-8-10-25(20(16)12-18)9-4-5-17(26)13-24-14-19(21(22)27)23-15-24/h6-8,10,12,14-15,17,26H,2-5,9,11,13H2,1H3,(H2,22,27)/t17-/m0/s1. The van der Waals surface area contributed by atoms with E-state index in [-0.39, 0.29) is 5.69 Å². The molecule has 1 atom stereocenters. The molecule has 3 rings (SSSR count). The molecule has 0 radical (unpaired) electrons. The molecule has 0 fully saturated rings. The quantitative estimate of drug-likeness (QED) is 0.497. The third-order valence-corrected chi connectivity index (χ3v) is 4.76. The van der Waals surface area contributed by atoms with Gasteiger partial charge < -0.3 is 24.7 Å². The predicted octanol–water partition coefficient (Wildman–Crippen LogP) is 2.96. The topological polar surface area (TPSA) is 95.3 Å². The summed E-state index contributed by atoms with van der Waals surface area (Å²) in [6.07, 6.45) is 8.29. The van der Waals surface area contributed by atoms with Crippen molar-refractivity contribution in [3.63, 3.8) is 0 Å². The molecule has 0 bridgehead atoms. The lowest BCUT2D eigenvalue weighted by atomic mass is 10.2. The number of primary amides is 1. The van der Waals surface area contributed by atoms with E-state index in [4.69, 9.17) is 10.5 Å². The Balaban J connectivity index is 1.52. The van der Waals surface area contributed by atoms with Crippen LogP contribution in [0.2, 0.25) is 0 Å². The summed E-state index contributed by atoms with van der Waals surface area (Å²) in [5.74, 6) is 0.331. The maximum absolute atomic E-state index is 11.1. The summed E-state index contributed by atoms with van der Waals surface area (Å²) in [6.45, 7) is 4.09. The zero-order valence-corrected chi connectivity index (χ0v) is 16.3. The Labute approximate surface area is 164 Å². The second-order valence-electron chi connectivity index (χ2n) is 7.05. The van der Waals surface area contributed by atoms with Crippen molar-refractivity contribution in [2.75, 3.05) is 6.61 Å². The van der Waals surface area contributed by atoms with Crippen molar-refractivity contribution >= 4 is 16.8 Å². The summed E-state index contributed by atoms with van der Waals surface area (Å²) < 4.78 is 9.69. The van der Waals surface area contributed by atoms with Crippen LogP contribution < -0.4 is 10.5 Å². The number of ether oxygens (including phenoxy) is 1. The molecule has 0 unspecified atom stereocenters. The Morgan fingerprint density at radius 1 is 1.32 bits per heavy atom. The van der Waals surface area contributed by atoms with Crippen molar-refractivity contribution in [2.24, 2.45) is 5.73 Å². The molecule has 0 aliphatic rings. The van der Waals surface area contributed by atoms with Crippen molar-refractivity contribution in [1.82, 2.24) is 14.1 Å². The number of unbranched alkanes of at least 4 members (excludes halogenated alkanes) is 1. The van der Waals surface area contributed by atoms with Gasteiger partial charge in [-0.1, -0.05) is 13.3 Å². The number of nitrogens with zero attached hydrogens (tertiary/aromatic N) is 3. The summed E-state index contributed by atoms with van der Waals surface area (Å²) in [4.78, 5) is 15.0. The van der Waals surface area contributed by atoms with Gasteiger partial charge in [0.05, 0.1) is 24.6 Å². The van der Waals surface area contributed by atoms with Gasteiger partial charge in [-0.3, -0.25) is 4.79 Å². The lowest BCUT2D eigenvalue weighted by Gasteiger charge is -2.12. The summed E-state index contributed by atoms with van der Waals surface area (Å²) in [6, 6.07) is 8.27. The van der Waals surface area contributed by atoms with E-state index in [0.29, 0.717) is 13.0 Å². The Hall–Kier alpha value is -2.80. The Bertz CT molecular complexity index is 915. The number of carbonyl (C=O) groups is 1. The number of hydrogen-bond acceptors (Lipinski definition) is 4. The van der Waals surface area contributed by atoms with Crippen LogP contribution in [0.5, 0.6) is 5.75 Å². The second-order valence-corrected chi connectivity index (χ2v) is 7.05. The number of aryl methyl sites for hydroxylation is 1. The number of aliphatic hydroxyl groups excluding tert-OH is 1. The molecular weight excluding hydrogens is 356 g/mol. The normalized spacial score (nSPS) is 12.4. The van der Waals surface area contributed by atoms with E-state index in [2.05, 4.69) is 40.9 Å². The highest BCUT2D eigenvalue weighted by Crippen LogP contribution is 2.23. The highest BCUT2D eigenvalue weighted by molar-refractivity contribution is 5.90. The number of hydrogen-bond donors (Lipinski definition) is 2. The van der Waals surface area contributed by atoms with E-state index in [1.165, 1.54) is 11.7 Å². The number of amides is 1. The van der Waals surface area contributed by atoms with Gasteiger partial charge in [-0.15, -0.1) is 0 Å². The van der Waals surface area contributed by atoms with E-state index in [1.54, 1.807) is 10.8 Å². The van der Waals surface area contributed by atoms with Crippen molar-refractivity contribution in [3.05, 3.63) is 48.7 Å². The van der Waals surface area contributed by atoms with Gasteiger partial charge in [0, 0.05) is 31.5 Å². The Morgan fingerprint density at radius 2 is 2.18 bits per heavy atom. The van der Waals surface area contributed by atoms with Gasteiger partial charge in [0.2, 0.25) is 0 Å². The zero-order chi connectivity index (χ0) is 19.9. The number of fused-ring (bicyclic) bond motifs is 1. The summed E-state index contributed by atoms with van der Waals surface area (Å²) >= 11 is 0. The zero-order valence-electron chi connectivity index (χ0n) is 16.3. The van der Waals surface area contributed by atoms with Crippen molar-refractivity contribution in [1.29, 1.82) is 0 Å². The van der Waals surface area contributed by atoms with Crippen molar-refractivity contribution < 1.29 is 14.6 Å². The molecule has 2 aromatic heterocycles. The minimum Gasteiger partial charge on any atom is -0.494 e. The van der Waals surface area contributed by atoms with Gasteiger partial charge in [-0.05, 0) is 42.8 Å². The molecule has 0 spiro atoms. The number of imidazole rings is 1. The molecule has 3 aromatic rings. The van der Waals surface area contributed by atoms with Crippen LogP contribution in [0, 0.1) is 0 Å². The maximum Gasteiger partial charge on any atom is 0.268 e. The molecule has 1 aromatic carbocycles. The van der Waals surface area contributed by atoms with Gasteiger partial charge in [-0.2, -0.15) is 0 Å². The van der Waals surface area contributed by atoms with Crippen molar-refractivity contribution in [3.8, 4) is 5.75 Å². The largest absolute Gasteiger partial charge is 0.494 e. The first-order valence-corrected chi connectivity index (χ1v) is 9.78. The third-order valence-electron chi connectivity index (χ3n) is 4.76. The van der Waals surface area contributed by atoms with Crippen LogP contribution in [0.25, 0.3) is 10.9 Å². The van der Waals surface area contributed by atoms with Gasteiger partial charge in [0.25, 0.3) is 5.91 Å². The first-order chi connectivity index (χ1) is 13.6. The van der Waals surface area contributed by atoms with Crippen LogP contribution in [0.1, 0.15) is 43.1 Å². The highest BCUT2D eigenvalue weighted by atomic mass is 16.5. The number of nitrogens with two attached hydrogens (primary N) is 1. The number of rotatable bonds is 11. The molecule has 1 amide bonds. The number of aliphatic hydroxyl groups is 1. The number of aromatic nitrogens is 3. The predicted molar refractivity (Wildman–Crippen MR) is 108 cm³/mol. The molecule has 28 heavy (non-hydrogen) atoms. The third kappa shape index (κ3) is 5.13. The number of benzene rings is 1. The van der Waals surface area contributed by atoms with Crippen molar-refractivity contribution in [2.45, 2.75) is 51.8 Å². The van der Waals surface area contributed by atoms with Gasteiger partial charge in [0.1, 0.15) is 11.4 Å². The first-order valence-electron chi connectivity index (χ1n) is 9.78. The van der Waals surface area contributed by atoms with Gasteiger partial charge in [-0.25, -0.2) is 4.98 Å². The van der Waals surface area contributed by atoms with E-state index in [0.717, 1.165) is 43.7 Å². The average molecular weight is 384 g/mol. The van der Waals surface area contributed by atoms with E-state index in [1.807, 2.05) is 6.07 Å². The summed E-state index contributed by atoms with van der Waals surface area (Å²) in [7, 11) is 0. The fourth-order valence-corrected chi connectivity index (χ4v) is 3.20. The molecule has 3 N–H and O–H groups in total. The molecule has 0 aliphatic carbocycles. The highest BCUT2D eigenvalue weighted by Gasteiger charge is 2.10. The monoisotopic (exact) mass is 384 g/mol. The maximum atomic E-state index is 11.1. The van der Waals surface area contributed by atoms with Crippen LogP contribution in [0.4, 0.5) is 0 Å². The molecule has 0 aliphatic heterocycles. The van der Waals surface area contributed by atoms with Crippen LogP contribution in [-0.2, 0) is 13.1 Å². The fourth-order valence-electron chi connectivity index (χ4n) is 3.20. The van der Waals surface area contributed by atoms with Gasteiger partial charge in [0.15, 0.2) is 0 Å². The minimum absolute atomic E-state index is 0.211. The van der Waals surface area contributed by atoms with E-state index >= 15 is 0 Å². The number of carbonyl (C=O) groups excluding carboxylic acids is 1. The summed E-state index contributed by atoms with van der Waals surface area (Å²) in [5.41, 5.74) is 6.55. The summed E-state index contributed by atoms with van der Waals surface area (Å²) in [5, 5.41) is 11.4.